The Morgan fingerprint density at radius 1 is 1.42 bits per heavy atom. The molecule has 2 heterocycles. The normalized spacial score (nSPS) is 23.2. The maximum absolute atomic E-state index is 5.53. The molecule has 2 unspecified atom stereocenters. The summed E-state index contributed by atoms with van der Waals surface area (Å²) in [7, 11) is 0. The average molecular weight is 263 g/mol. The Morgan fingerprint density at radius 2 is 2.16 bits per heavy atom. The predicted octanol–water partition coefficient (Wildman–Crippen LogP) is 2.65. The van der Waals surface area contributed by atoms with Gasteiger partial charge in [0.15, 0.2) is 0 Å². The van der Waals surface area contributed by atoms with Crippen molar-refractivity contribution in [2.75, 3.05) is 10.3 Å². The zero-order valence-corrected chi connectivity index (χ0v) is 12.3. The summed E-state index contributed by atoms with van der Waals surface area (Å²) in [5.74, 6) is 8.37. The molecule has 0 aromatic carbocycles. The van der Waals surface area contributed by atoms with E-state index < -0.39 is 0 Å². The first kappa shape index (κ1) is 14.1. The van der Waals surface area contributed by atoms with E-state index in [0.717, 1.165) is 18.1 Å². The van der Waals surface area contributed by atoms with Crippen LogP contribution in [0.1, 0.15) is 58.7 Å². The molecule has 0 saturated carbocycles. The van der Waals surface area contributed by atoms with Crippen LogP contribution in [0.15, 0.2) is 6.07 Å². The number of hydrogen-bond acceptors (Lipinski definition) is 5. The fourth-order valence-electron chi connectivity index (χ4n) is 2.80. The molecule has 0 radical (unpaired) electrons. The minimum atomic E-state index is 0.296. The number of rotatable bonds is 4. The Morgan fingerprint density at radius 3 is 2.74 bits per heavy atom. The van der Waals surface area contributed by atoms with Gasteiger partial charge in [-0.2, -0.15) is 0 Å². The van der Waals surface area contributed by atoms with Gasteiger partial charge < -0.3 is 10.3 Å². The molecule has 1 aromatic rings. The second kappa shape index (κ2) is 5.74. The summed E-state index contributed by atoms with van der Waals surface area (Å²) < 4.78 is 0. The molecule has 106 valence electrons. The highest BCUT2D eigenvalue weighted by Crippen LogP contribution is 2.32. The summed E-state index contributed by atoms with van der Waals surface area (Å²) in [5.41, 5.74) is 2.66. The molecule has 1 saturated heterocycles. The van der Waals surface area contributed by atoms with Gasteiger partial charge in [0.25, 0.3) is 0 Å². The molecule has 0 aliphatic carbocycles. The molecule has 1 aromatic heterocycles. The van der Waals surface area contributed by atoms with Gasteiger partial charge in [-0.1, -0.05) is 20.8 Å². The Labute approximate surface area is 115 Å². The lowest BCUT2D eigenvalue weighted by molar-refractivity contribution is 0.616. The summed E-state index contributed by atoms with van der Waals surface area (Å²) >= 11 is 0. The van der Waals surface area contributed by atoms with Gasteiger partial charge in [0.05, 0.1) is 0 Å². The number of anilines is 2. The Bertz CT molecular complexity index is 432. The highest BCUT2D eigenvalue weighted by Gasteiger charge is 2.30. The molecule has 2 atom stereocenters. The Kier molecular flexibility index (Phi) is 4.24. The first-order chi connectivity index (χ1) is 9.06. The van der Waals surface area contributed by atoms with Gasteiger partial charge >= 0.3 is 0 Å². The minimum Gasteiger partial charge on any atom is -0.351 e. The number of aromatic nitrogens is 2. The topological polar surface area (TPSA) is 67.1 Å². The van der Waals surface area contributed by atoms with Gasteiger partial charge in [-0.05, 0) is 26.2 Å². The van der Waals surface area contributed by atoms with Crippen LogP contribution in [0.5, 0.6) is 0 Å². The van der Waals surface area contributed by atoms with E-state index in [4.69, 9.17) is 10.8 Å². The van der Waals surface area contributed by atoms with Crippen molar-refractivity contribution in [2.45, 2.75) is 65.0 Å². The third-order valence-electron chi connectivity index (χ3n) is 3.92. The molecular weight excluding hydrogens is 238 g/mol. The van der Waals surface area contributed by atoms with Gasteiger partial charge in [0.2, 0.25) is 0 Å². The Balaban J connectivity index is 2.40. The van der Waals surface area contributed by atoms with Crippen molar-refractivity contribution < 1.29 is 0 Å². The van der Waals surface area contributed by atoms with E-state index in [-0.39, 0.29) is 0 Å². The summed E-state index contributed by atoms with van der Waals surface area (Å²) in [6.07, 6.45) is 3.62. The molecule has 2 rings (SSSR count). The first-order valence-corrected chi connectivity index (χ1v) is 7.20. The molecule has 1 fully saturated rings. The van der Waals surface area contributed by atoms with Gasteiger partial charge in [-0.15, -0.1) is 0 Å². The summed E-state index contributed by atoms with van der Waals surface area (Å²) in [5, 5.41) is 0. The number of nitrogens with two attached hydrogens (primary N) is 1. The highest BCUT2D eigenvalue weighted by molar-refractivity contribution is 5.51. The molecular formula is C14H25N5. The fraction of sp³-hybridized carbons (Fsp3) is 0.714. The van der Waals surface area contributed by atoms with Crippen LogP contribution < -0.4 is 16.2 Å². The lowest BCUT2D eigenvalue weighted by Gasteiger charge is -2.29. The summed E-state index contributed by atoms with van der Waals surface area (Å²) in [6.45, 7) is 8.71. The molecule has 0 spiro atoms. The van der Waals surface area contributed by atoms with E-state index >= 15 is 0 Å². The van der Waals surface area contributed by atoms with Crippen molar-refractivity contribution in [1.29, 1.82) is 0 Å². The van der Waals surface area contributed by atoms with E-state index in [9.17, 15) is 0 Å². The number of hydrogen-bond donors (Lipinski definition) is 2. The average Bonchev–Trinajstić information content (AvgIpc) is 2.79. The van der Waals surface area contributed by atoms with Crippen molar-refractivity contribution in [2.24, 2.45) is 5.84 Å². The second-order valence-electron chi connectivity index (χ2n) is 5.66. The van der Waals surface area contributed by atoms with Crippen LogP contribution in [-0.4, -0.2) is 22.1 Å². The third kappa shape index (κ3) is 2.81. The van der Waals surface area contributed by atoms with Crippen molar-refractivity contribution in [1.82, 2.24) is 9.97 Å². The van der Waals surface area contributed by atoms with Crippen LogP contribution in [0.25, 0.3) is 0 Å². The smallest absolute Gasteiger partial charge is 0.145 e. The number of nitrogen functional groups attached to an aromatic ring is 1. The van der Waals surface area contributed by atoms with E-state index in [2.05, 4.69) is 43.0 Å². The maximum atomic E-state index is 5.53. The van der Waals surface area contributed by atoms with Gasteiger partial charge in [0, 0.05) is 24.1 Å². The standard InChI is InChI=1S/C14H25N5/c1-5-11-7-6-10(4)19(11)13-8-12(18-15)16-14(17-13)9(2)3/h8-11H,5-7,15H2,1-4H3,(H,16,17,18). The molecule has 5 nitrogen and oxygen atoms in total. The zero-order chi connectivity index (χ0) is 14.0. The van der Waals surface area contributed by atoms with Gasteiger partial charge in [-0.25, -0.2) is 15.8 Å². The van der Waals surface area contributed by atoms with E-state index in [0.29, 0.717) is 23.8 Å². The lowest BCUT2D eigenvalue weighted by atomic mass is 10.1. The number of hydrazine groups is 1. The van der Waals surface area contributed by atoms with Crippen LogP contribution in [0.2, 0.25) is 0 Å². The fourth-order valence-corrected chi connectivity index (χ4v) is 2.80. The maximum Gasteiger partial charge on any atom is 0.145 e. The molecule has 5 heteroatoms. The quantitative estimate of drug-likeness (QED) is 0.645. The first-order valence-electron chi connectivity index (χ1n) is 7.20. The molecule has 1 aliphatic heterocycles. The van der Waals surface area contributed by atoms with Crippen molar-refractivity contribution in [3.8, 4) is 0 Å². The minimum absolute atomic E-state index is 0.296. The Hall–Kier alpha value is -1.36. The van der Waals surface area contributed by atoms with Crippen LogP contribution >= 0.6 is 0 Å². The van der Waals surface area contributed by atoms with Gasteiger partial charge in [-0.3, -0.25) is 0 Å². The monoisotopic (exact) mass is 263 g/mol. The zero-order valence-electron chi connectivity index (χ0n) is 12.3. The predicted molar refractivity (Wildman–Crippen MR) is 79.2 cm³/mol. The second-order valence-corrected chi connectivity index (χ2v) is 5.66. The molecule has 0 bridgehead atoms. The molecule has 3 N–H and O–H groups in total. The SMILES string of the molecule is CCC1CCC(C)N1c1cc(NN)nc(C(C)C)n1. The van der Waals surface area contributed by atoms with Gasteiger partial charge in [0.1, 0.15) is 17.5 Å². The van der Waals surface area contributed by atoms with Crippen LogP contribution in [0.4, 0.5) is 11.6 Å². The molecule has 0 amide bonds. The third-order valence-corrected chi connectivity index (χ3v) is 3.92. The number of nitrogens with zero attached hydrogens (tertiary/aromatic N) is 3. The van der Waals surface area contributed by atoms with Crippen LogP contribution in [-0.2, 0) is 0 Å². The summed E-state index contributed by atoms with van der Waals surface area (Å²) in [4.78, 5) is 11.6. The summed E-state index contributed by atoms with van der Waals surface area (Å²) in [6, 6.07) is 3.07. The lowest BCUT2D eigenvalue weighted by Crippen LogP contribution is -2.35. The van der Waals surface area contributed by atoms with E-state index in [1.54, 1.807) is 0 Å². The largest absolute Gasteiger partial charge is 0.351 e. The number of nitrogens with one attached hydrogen (secondary N) is 1. The van der Waals surface area contributed by atoms with Crippen molar-refractivity contribution in [3.05, 3.63) is 11.9 Å². The van der Waals surface area contributed by atoms with Crippen molar-refractivity contribution >= 4 is 11.6 Å². The highest BCUT2D eigenvalue weighted by atomic mass is 15.3. The van der Waals surface area contributed by atoms with E-state index in [1.165, 1.54) is 12.8 Å². The van der Waals surface area contributed by atoms with Crippen LogP contribution in [0, 0.1) is 0 Å². The van der Waals surface area contributed by atoms with Crippen LogP contribution in [0.3, 0.4) is 0 Å². The van der Waals surface area contributed by atoms with Crippen molar-refractivity contribution in [3.63, 3.8) is 0 Å². The molecule has 19 heavy (non-hydrogen) atoms. The molecule has 1 aliphatic rings. The van der Waals surface area contributed by atoms with E-state index in [1.807, 2.05) is 6.07 Å².